The summed E-state index contributed by atoms with van der Waals surface area (Å²) in [6, 6.07) is 11.0. The van der Waals surface area contributed by atoms with E-state index in [1.54, 1.807) is 31.2 Å². The van der Waals surface area contributed by atoms with Crippen LogP contribution in [0.15, 0.2) is 46.9 Å². The van der Waals surface area contributed by atoms with Gasteiger partial charge in [0.25, 0.3) is 5.91 Å². The number of amides is 1. The molecule has 0 radical (unpaired) electrons. The Morgan fingerprint density at radius 2 is 1.95 bits per heavy atom. The molecule has 0 fully saturated rings. The lowest BCUT2D eigenvalue weighted by Gasteiger charge is -2.11. The standard InChI is InChI=1S/C15H13BrFNO2/c1-2-20-14-9-12(17)7-8-13(14)18-15(19)10-3-5-11(16)6-4-10/h3-9H,2H2,1H3,(H,18,19). The van der Waals surface area contributed by atoms with Gasteiger partial charge in [-0.2, -0.15) is 0 Å². The van der Waals surface area contributed by atoms with Crippen molar-refractivity contribution in [1.82, 2.24) is 0 Å². The first kappa shape index (κ1) is 14.5. The molecule has 0 aromatic heterocycles. The lowest BCUT2D eigenvalue weighted by molar-refractivity contribution is 0.102. The van der Waals surface area contributed by atoms with Crippen LogP contribution in [0.5, 0.6) is 5.75 Å². The molecule has 1 N–H and O–H groups in total. The van der Waals surface area contributed by atoms with Gasteiger partial charge in [-0.05, 0) is 43.3 Å². The van der Waals surface area contributed by atoms with Crippen LogP contribution >= 0.6 is 15.9 Å². The lowest BCUT2D eigenvalue weighted by Crippen LogP contribution is -2.13. The molecule has 0 heterocycles. The van der Waals surface area contributed by atoms with Gasteiger partial charge < -0.3 is 10.1 Å². The molecule has 2 aromatic rings. The van der Waals surface area contributed by atoms with E-state index in [0.29, 0.717) is 23.6 Å². The summed E-state index contributed by atoms with van der Waals surface area (Å²) in [5.74, 6) is -0.363. The molecule has 0 saturated carbocycles. The number of nitrogens with one attached hydrogen (secondary N) is 1. The molecular formula is C15H13BrFNO2. The summed E-state index contributed by atoms with van der Waals surface area (Å²) in [4.78, 5) is 12.1. The van der Waals surface area contributed by atoms with Crippen LogP contribution < -0.4 is 10.1 Å². The summed E-state index contributed by atoms with van der Waals surface area (Å²) < 4.78 is 19.4. The Morgan fingerprint density at radius 1 is 1.25 bits per heavy atom. The maximum Gasteiger partial charge on any atom is 0.255 e. The monoisotopic (exact) mass is 337 g/mol. The van der Waals surface area contributed by atoms with E-state index in [0.717, 1.165) is 4.47 Å². The Bertz CT molecular complexity index is 614. The summed E-state index contributed by atoms with van der Waals surface area (Å²) in [5.41, 5.74) is 0.959. The van der Waals surface area contributed by atoms with Crippen molar-refractivity contribution in [2.75, 3.05) is 11.9 Å². The Labute approximate surface area is 124 Å². The predicted molar refractivity (Wildman–Crippen MR) is 79.7 cm³/mol. The number of benzene rings is 2. The van der Waals surface area contributed by atoms with E-state index >= 15 is 0 Å². The van der Waals surface area contributed by atoms with E-state index in [-0.39, 0.29) is 5.91 Å². The van der Waals surface area contributed by atoms with Crippen molar-refractivity contribution in [2.45, 2.75) is 6.92 Å². The van der Waals surface area contributed by atoms with Gasteiger partial charge in [-0.3, -0.25) is 4.79 Å². The van der Waals surface area contributed by atoms with E-state index in [1.807, 2.05) is 0 Å². The summed E-state index contributed by atoms with van der Waals surface area (Å²) in [5, 5.41) is 2.71. The van der Waals surface area contributed by atoms with E-state index in [9.17, 15) is 9.18 Å². The first-order valence-corrected chi connectivity index (χ1v) is 6.88. The van der Waals surface area contributed by atoms with Gasteiger partial charge in [-0.1, -0.05) is 15.9 Å². The molecule has 0 aliphatic heterocycles. The smallest absolute Gasteiger partial charge is 0.255 e. The van der Waals surface area contributed by atoms with Crippen LogP contribution in [0.1, 0.15) is 17.3 Å². The zero-order valence-electron chi connectivity index (χ0n) is 10.8. The van der Waals surface area contributed by atoms with Crippen LogP contribution in [0.25, 0.3) is 0 Å². The molecule has 0 bridgehead atoms. The van der Waals surface area contributed by atoms with Crippen molar-refractivity contribution in [2.24, 2.45) is 0 Å². The Balaban J connectivity index is 2.21. The third-order valence-electron chi connectivity index (χ3n) is 2.60. The normalized spacial score (nSPS) is 10.2. The number of hydrogen-bond donors (Lipinski definition) is 1. The number of rotatable bonds is 4. The molecule has 3 nitrogen and oxygen atoms in total. The van der Waals surface area contributed by atoms with Crippen LogP contribution in [0, 0.1) is 5.82 Å². The van der Waals surface area contributed by atoms with Gasteiger partial charge in [0.1, 0.15) is 11.6 Å². The molecule has 0 aliphatic rings. The van der Waals surface area contributed by atoms with Crippen LogP contribution in [0.4, 0.5) is 10.1 Å². The highest BCUT2D eigenvalue weighted by atomic mass is 79.9. The minimum absolute atomic E-state index is 0.273. The van der Waals surface area contributed by atoms with Gasteiger partial charge in [0, 0.05) is 16.1 Å². The van der Waals surface area contributed by atoms with Gasteiger partial charge in [0.15, 0.2) is 0 Å². The number of anilines is 1. The zero-order chi connectivity index (χ0) is 14.5. The van der Waals surface area contributed by atoms with Gasteiger partial charge in [0.2, 0.25) is 0 Å². The highest BCUT2D eigenvalue weighted by Crippen LogP contribution is 2.26. The van der Waals surface area contributed by atoms with E-state index in [1.165, 1.54) is 18.2 Å². The minimum atomic E-state index is -0.407. The van der Waals surface area contributed by atoms with Crippen molar-refractivity contribution >= 4 is 27.5 Å². The lowest BCUT2D eigenvalue weighted by atomic mass is 10.2. The molecule has 0 atom stereocenters. The number of ether oxygens (including phenoxy) is 1. The maximum atomic E-state index is 13.2. The fourth-order valence-corrected chi connectivity index (χ4v) is 1.93. The van der Waals surface area contributed by atoms with Gasteiger partial charge in [-0.15, -0.1) is 0 Å². The molecule has 1 amide bonds. The van der Waals surface area contributed by atoms with E-state index in [4.69, 9.17) is 4.74 Å². The molecule has 5 heteroatoms. The Kier molecular flexibility index (Phi) is 4.74. The topological polar surface area (TPSA) is 38.3 Å². The molecule has 0 unspecified atom stereocenters. The average molecular weight is 338 g/mol. The summed E-state index contributed by atoms with van der Waals surface area (Å²) >= 11 is 3.31. The van der Waals surface area contributed by atoms with E-state index < -0.39 is 5.82 Å². The molecule has 2 aromatic carbocycles. The van der Waals surface area contributed by atoms with Gasteiger partial charge >= 0.3 is 0 Å². The molecule has 2 rings (SSSR count). The van der Waals surface area contributed by atoms with Crippen molar-refractivity contribution < 1.29 is 13.9 Å². The number of hydrogen-bond acceptors (Lipinski definition) is 2. The number of halogens is 2. The average Bonchev–Trinajstić information content (AvgIpc) is 2.43. The quantitative estimate of drug-likeness (QED) is 0.906. The fourth-order valence-electron chi connectivity index (χ4n) is 1.67. The van der Waals surface area contributed by atoms with Gasteiger partial charge in [0.05, 0.1) is 12.3 Å². The Hall–Kier alpha value is -1.88. The first-order chi connectivity index (χ1) is 9.60. The van der Waals surface area contributed by atoms with Crippen LogP contribution in [-0.4, -0.2) is 12.5 Å². The van der Waals surface area contributed by atoms with Crippen LogP contribution in [0.2, 0.25) is 0 Å². The zero-order valence-corrected chi connectivity index (χ0v) is 12.4. The summed E-state index contributed by atoms with van der Waals surface area (Å²) in [6.45, 7) is 2.19. The predicted octanol–water partition coefficient (Wildman–Crippen LogP) is 4.24. The molecule has 20 heavy (non-hydrogen) atoms. The van der Waals surface area contributed by atoms with Crippen molar-refractivity contribution in [1.29, 1.82) is 0 Å². The number of carbonyl (C=O) groups is 1. The molecule has 104 valence electrons. The first-order valence-electron chi connectivity index (χ1n) is 6.09. The minimum Gasteiger partial charge on any atom is -0.492 e. The SMILES string of the molecule is CCOc1cc(F)ccc1NC(=O)c1ccc(Br)cc1. The fraction of sp³-hybridized carbons (Fsp3) is 0.133. The third-order valence-corrected chi connectivity index (χ3v) is 3.13. The Morgan fingerprint density at radius 3 is 2.60 bits per heavy atom. The molecule has 0 saturated heterocycles. The number of carbonyl (C=O) groups excluding carboxylic acids is 1. The highest BCUT2D eigenvalue weighted by molar-refractivity contribution is 9.10. The van der Waals surface area contributed by atoms with Crippen LogP contribution in [-0.2, 0) is 0 Å². The van der Waals surface area contributed by atoms with Crippen LogP contribution in [0.3, 0.4) is 0 Å². The van der Waals surface area contributed by atoms with Crippen molar-refractivity contribution in [3.8, 4) is 5.75 Å². The summed E-state index contributed by atoms with van der Waals surface area (Å²) in [6.07, 6.45) is 0. The maximum absolute atomic E-state index is 13.2. The summed E-state index contributed by atoms with van der Waals surface area (Å²) in [7, 11) is 0. The van der Waals surface area contributed by atoms with E-state index in [2.05, 4.69) is 21.2 Å². The second kappa shape index (κ2) is 6.52. The molecule has 0 aliphatic carbocycles. The highest BCUT2D eigenvalue weighted by Gasteiger charge is 2.10. The second-order valence-corrected chi connectivity index (χ2v) is 4.95. The molecule has 0 spiro atoms. The van der Waals surface area contributed by atoms with Crippen molar-refractivity contribution in [3.05, 3.63) is 58.3 Å². The third kappa shape index (κ3) is 3.57. The second-order valence-electron chi connectivity index (χ2n) is 4.03. The molecular weight excluding hydrogens is 325 g/mol. The van der Waals surface area contributed by atoms with Crippen molar-refractivity contribution in [3.63, 3.8) is 0 Å². The largest absolute Gasteiger partial charge is 0.492 e. The van der Waals surface area contributed by atoms with Gasteiger partial charge in [-0.25, -0.2) is 4.39 Å².